The van der Waals surface area contributed by atoms with Crippen molar-refractivity contribution >= 4 is 44.5 Å². The van der Waals surface area contributed by atoms with Crippen molar-refractivity contribution in [2.75, 3.05) is 0 Å². The van der Waals surface area contributed by atoms with E-state index in [1.807, 2.05) is 48.5 Å². The summed E-state index contributed by atoms with van der Waals surface area (Å²) in [4.78, 5) is 37.4. The third-order valence-corrected chi connectivity index (χ3v) is 8.40. The van der Waals surface area contributed by atoms with Crippen LogP contribution in [0.2, 0.25) is 0 Å². The molecule has 0 aliphatic rings. The summed E-state index contributed by atoms with van der Waals surface area (Å²) in [5.41, 5.74) is 2.55. The summed E-state index contributed by atoms with van der Waals surface area (Å²) in [6.07, 6.45) is 0. The summed E-state index contributed by atoms with van der Waals surface area (Å²) in [6, 6.07) is 30.4. The Morgan fingerprint density at radius 3 is 1.32 bits per heavy atom. The van der Waals surface area contributed by atoms with Gasteiger partial charge in [-0.25, -0.2) is 19.6 Å². The second kappa shape index (κ2) is 9.02. The number of thiophene rings is 2. The van der Waals surface area contributed by atoms with Crippen LogP contribution in [0.1, 0.15) is 0 Å². The van der Waals surface area contributed by atoms with Gasteiger partial charge in [0, 0.05) is 9.75 Å². The number of nitrogens with zero attached hydrogens (tertiary/aromatic N) is 2. The molecule has 0 atom stereocenters. The maximum Gasteiger partial charge on any atom is 0.347 e. The minimum absolute atomic E-state index is 0.321. The van der Waals surface area contributed by atoms with Crippen molar-refractivity contribution in [1.29, 1.82) is 0 Å². The molecule has 3 aromatic carbocycles. The minimum atomic E-state index is -0.390. The van der Waals surface area contributed by atoms with Crippen molar-refractivity contribution in [3.8, 4) is 42.4 Å². The highest BCUT2D eigenvalue weighted by atomic mass is 32.1. The molecule has 0 fully saturated rings. The predicted molar refractivity (Wildman–Crippen MR) is 152 cm³/mol. The van der Waals surface area contributed by atoms with Crippen LogP contribution in [0.3, 0.4) is 0 Å². The molecule has 6 nitrogen and oxygen atoms in total. The van der Waals surface area contributed by atoms with Gasteiger partial charge in [-0.2, -0.15) is 0 Å². The molecule has 4 aromatic heterocycles. The zero-order valence-corrected chi connectivity index (χ0v) is 21.2. The summed E-state index contributed by atoms with van der Waals surface area (Å²) in [6.45, 7) is 0. The van der Waals surface area contributed by atoms with E-state index in [1.54, 1.807) is 24.3 Å². The van der Waals surface area contributed by atoms with E-state index in [2.05, 4.69) is 34.2 Å². The van der Waals surface area contributed by atoms with Gasteiger partial charge in [-0.15, -0.1) is 22.7 Å². The van der Waals surface area contributed by atoms with Gasteiger partial charge in [0.25, 0.3) is 0 Å². The van der Waals surface area contributed by atoms with Crippen LogP contribution < -0.4 is 11.3 Å². The van der Waals surface area contributed by atoms with Gasteiger partial charge < -0.3 is 8.83 Å². The quantitative estimate of drug-likeness (QED) is 0.234. The fraction of sp³-hybridized carbons (Fsp3) is 0. The standard InChI is InChI=1S/C30H16N2O4S2/c33-29-19-5-1-3-7-21(19)31-27(35-29)25-15-13-23(37-25)17-9-11-18(12-10-17)24-14-16-26(38-24)28-32-22-8-4-2-6-20(22)30(34)36-28/h1-16H. The highest BCUT2D eigenvalue weighted by molar-refractivity contribution is 7.19. The Bertz CT molecular complexity index is 1930. The third kappa shape index (κ3) is 3.96. The second-order valence-electron chi connectivity index (χ2n) is 8.55. The number of rotatable bonds is 4. The summed E-state index contributed by atoms with van der Waals surface area (Å²) < 4.78 is 11.0. The first-order valence-corrected chi connectivity index (χ1v) is 13.4. The smallest absolute Gasteiger partial charge is 0.347 e. The van der Waals surface area contributed by atoms with Gasteiger partial charge in [-0.3, -0.25) is 0 Å². The number of para-hydroxylation sites is 2. The van der Waals surface area contributed by atoms with Crippen LogP contribution in [-0.4, -0.2) is 9.97 Å². The van der Waals surface area contributed by atoms with Crippen LogP contribution in [0.15, 0.2) is 115 Å². The lowest BCUT2D eigenvalue weighted by Gasteiger charge is -2.01. The molecule has 4 heterocycles. The second-order valence-corrected chi connectivity index (χ2v) is 10.7. The molecule has 8 heteroatoms. The number of aromatic nitrogens is 2. The Labute approximate surface area is 223 Å². The molecule has 7 rings (SSSR count). The molecule has 0 saturated carbocycles. The molecule has 38 heavy (non-hydrogen) atoms. The van der Waals surface area contributed by atoms with Gasteiger partial charge in [-0.1, -0.05) is 48.5 Å². The number of hydrogen-bond acceptors (Lipinski definition) is 8. The van der Waals surface area contributed by atoms with Crippen molar-refractivity contribution in [2.45, 2.75) is 0 Å². The van der Waals surface area contributed by atoms with Crippen molar-refractivity contribution in [3.05, 3.63) is 118 Å². The lowest BCUT2D eigenvalue weighted by atomic mass is 10.1. The van der Waals surface area contributed by atoms with E-state index in [9.17, 15) is 9.59 Å². The summed E-state index contributed by atoms with van der Waals surface area (Å²) in [5.74, 6) is 0.642. The van der Waals surface area contributed by atoms with Crippen molar-refractivity contribution in [2.24, 2.45) is 0 Å². The molecule has 182 valence electrons. The molecule has 0 amide bonds. The first kappa shape index (κ1) is 22.5. The average molecular weight is 533 g/mol. The molecule has 0 radical (unpaired) electrons. The Kier molecular flexibility index (Phi) is 5.35. The van der Waals surface area contributed by atoms with Crippen LogP contribution in [0, 0.1) is 0 Å². The molecular weight excluding hydrogens is 516 g/mol. The molecule has 7 aromatic rings. The van der Waals surface area contributed by atoms with E-state index in [-0.39, 0.29) is 0 Å². The van der Waals surface area contributed by atoms with Gasteiger partial charge in [0.2, 0.25) is 11.8 Å². The van der Waals surface area contributed by atoms with Crippen LogP contribution in [0.4, 0.5) is 0 Å². The van der Waals surface area contributed by atoms with E-state index in [0.717, 1.165) is 30.6 Å². The van der Waals surface area contributed by atoms with Gasteiger partial charge in [0.1, 0.15) is 0 Å². The maximum absolute atomic E-state index is 12.4. The van der Waals surface area contributed by atoms with E-state index >= 15 is 0 Å². The SMILES string of the molecule is O=c1oc(-c2ccc(-c3ccc(-c4ccc(-c5nc6ccccc6c(=O)o5)s4)cc3)s2)nc2ccccc12. The predicted octanol–water partition coefficient (Wildman–Crippen LogP) is 7.48. The lowest BCUT2D eigenvalue weighted by molar-refractivity contribution is 0.519. The monoisotopic (exact) mass is 532 g/mol. The topological polar surface area (TPSA) is 86.2 Å². The Morgan fingerprint density at radius 1 is 0.474 bits per heavy atom. The highest BCUT2D eigenvalue weighted by Gasteiger charge is 2.14. The van der Waals surface area contributed by atoms with Gasteiger partial charge in [0.15, 0.2) is 0 Å². The Hall–Kier alpha value is -4.66. The molecule has 0 aliphatic carbocycles. The molecule has 0 unspecified atom stereocenters. The molecule has 0 spiro atoms. The first-order chi connectivity index (χ1) is 18.6. The van der Waals surface area contributed by atoms with E-state index in [1.165, 1.54) is 22.7 Å². The van der Waals surface area contributed by atoms with Gasteiger partial charge >= 0.3 is 11.3 Å². The average Bonchev–Trinajstić information content (AvgIpc) is 3.64. The Morgan fingerprint density at radius 2 is 0.868 bits per heavy atom. The van der Waals surface area contributed by atoms with Crippen LogP contribution in [0.5, 0.6) is 0 Å². The third-order valence-electron chi connectivity index (χ3n) is 6.16. The fourth-order valence-electron chi connectivity index (χ4n) is 4.26. The molecule has 0 bridgehead atoms. The normalized spacial score (nSPS) is 11.4. The lowest BCUT2D eigenvalue weighted by Crippen LogP contribution is -2.01. The zero-order valence-electron chi connectivity index (χ0n) is 19.6. The van der Waals surface area contributed by atoms with Crippen molar-refractivity contribution in [1.82, 2.24) is 9.97 Å². The highest BCUT2D eigenvalue weighted by Crippen LogP contribution is 2.37. The molecule has 0 aliphatic heterocycles. The Balaban J connectivity index is 1.16. The van der Waals surface area contributed by atoms with E-state index in [4.69, 9.17) is 8.83 Å². The summed E-state index contributed by atoms with van der Waals surface area (Å²) >= 11 is 3.04. The number of benzene rings is 3. The first-order valence-electron chi connectivity index (χ1n) is 11.7. The minimum Gasteiger partial charge on any atom is -0.402 e. The molecular formula is C30H16N2O4S2. The maximum atomic E-state index is 12.4. The zero-order chi connectivity index (χ0) is 25.6. The van der Waals surface area contributed by atoms with Crippen molar-refractivity contribution in [3.63, 3.8) is 0 Å². The largest absolute Gasteiger partial charge is 0.402 e. The molecule has 0 N–H and O–H groups in total. The van der Waals surface area contributed by atoms with E-state index < -0.39 is 11.3 Å². The summed E-state index contributed by atoms with van der Waals surface area (Å²) in [5, 5.41) is 0.942. The molecule has 0 saturated heterocycles. The van der Waals surface area contributed by atoms with Gasteiger partial charge in [-0.05, 0) is 59.7 Å². The number of fused-ring (bicyclic) bond motifs is 2. The number of hydrogen-bond donors (Lipinski definition) is 0. The van der Waals surface area contributed by atoms with Crippen LogP contribution in [0.25, 0.3) is 64.2 Å². The van der Waals surface area contributed by atoms with Crippen molar-refractivity contribution < 1.29 is 8.83 Å². The van der Waals surface area contributed by atoms with E-state index in [0.29, 0.717) is 33.6 Å². The van der Waals surface area contributed by atoms with Crippen LogP contribution in [-0.2, 0) is 0 Å². The fourth-order valence-corrected chi connectivity index (χ4v) is 6.14. The van der Waals surface area contributed by atoms with Crippen LogP contribution >= 0.6 is 22.7 Å². The summed E-state index contributed by atoms with van der Waals surface area (Å²) in [7, 11) is 0. The van der Waals surface area contributed by atoms with Gasteiger partial charge in [0.05, 0.1) is 31.6 Å².